The number of alkyl halides is 7. The number of halogens is 7. The molecule has 0 spiro atoms. The van der Waals surface area contributed by atoms with Crippen molar-refractivity contribution in [3.05, 3.63) is 53.5 Å². The van der Waals surface area contributed by atoms with E-state index >= 15 is 0 Å². The Labute approximate surface area is 240 Å². The molecular weight excluding hydrogens is 587 g/mol. The van der Waals surface area contributed by atoms with Crippen LogP contribution in [0.5, 0.6) is 0 Å². The average molecular weight is 616 g/mol. The third kappa shape index (κ3) is 7.76. The Morgan fingerprint density at radius 3 is 2.33 bits per heavy atom. The average Bonchev–Trinajstić information content (AvgIpc) is 3.71. The molecule has 0 aliphatic heterocycles. The molecule has 0 radical (unpaired) electrons. The molecule has 3 aromatic heterocycles. The number of nitrogens with one attached hydrogen (secondary N) is 2. The number of imidazole rings is 1. The first-order valence-corrected chi connectivity index (χ1v) is 13.8. The molecule has 2 atom stereocenters. The second-order valence-electron chi connectivity index (χ2n) is 11.0. The Bertz CT molecular complexity index is 1470. The van der Waals surface area contributed by atoms with Crippen molar-refractivity contribution in [2.24, 2.45) is 11.8 Å². The van der Waals surface area contributed by atoms with E-state index in [1.54, 1.807) is 6.07 Å². The van der Waals surface area contributed by atoms with Gasteiger partial charge in [0.25, 0.3) is 12.3 Å². The van der Waals surface area contributed by atoms with Crippen molar-refractivity contribution < 1.29 is 40.3 Å². The van der Waals surface area contributed by atoms with Gasteiger partial charge in [0.2, 0.25) is 11.8 Å². The summed E-state index contributed by atoms with van der Waals surface area (Å²) in [5.74, 6) is -4.84. The normalized spacial score (nSPS) is 18.9. The summed E-state index contributed by atoms with van der Waals surface area (Å²) in [4.78, 5) is 37.1. The summed E-state index contributed by atoms with van der Waals surface area (Å²) in [6.07, 6.45) is -4.68. The van der Waals surface area contributed by atoms with Gasteiger partial charge in [0.05, 0.1) is 36.6 Å². The van der Waals surface area contributed by atoms with E-state index in [1.807, 2.05) is 0 Å². The van der Waals surface area contributed by atoms with E-state index in [0.717, 1.165) is 25.2 Å². The summed E-state index contributed by atoms with van der Waals surface area (Å²) in [6, 6.07) is 1.01. The van der Waals surface area contributed by atoms with Crippen LogP contribution in [0.2, 0.25) is 0 Å². The maximum absolute atomic E-state index is 14.0. The largest absolute Gasteiger partial charge is 0.389 e. The van der Waals surface area contributed by atoms with Crippen LogP contribution in [0.3, 0.4) is 0 Å². The van der Waals surface area contributed by atoms with Gasteiger partial charge in [-0.2, -0.15) is 18.3 Å². The summed E-state index contributed by atoms with van der Waals surface area (Å²) in [7, 11) is 0. The first-order valence-electron chi connectivity index (χ1n) is 13.8. The van der Waals surface area contributed by atoms with Gasteiger partial charge in [-0.3, -0.25) is 9.59 Å². The monoisotopic (exact) mass is 615 g/mol. The maximum Gasteiger partial charge on any atom is 0.389 e. The molecule has 232 valence electrons. The van der Waals surface area contributed by atoms with E-state index < -0.39 is 79.7 Å². The fraction of sp³-hybridized carbons (Fsp3) is 0.556. The molecule has 5 rings (SSSR count). The van der Waals surface area contributed by atoms with Crippen molar-refractivity contribution in [3.63, 3.8) is 0 Å². The molecule has 0 bridgehead atoms. The lowest BCUT2D eigenvalue weighted by Gasteiger charge is -2.33. The van der Waals surface area contributed by atoms with E-state index in [1.165, 1.54) is 16.9 Å². The Morgan fingerprint density at radius 1 is 0.977 bits per heavy atom. The zero-order valence-corrected chi connectivity index (χ0v) is 22.6. The summed E-state index contributed by atoms with van der Waals surface area (Å²) in [5, 5.41) is 9.72. The number of carbonyl (C=O) groups excluding carboxylic acids is 2. The number of fused-ring (bicyclic) bond motifs is 1. The van der Waals surface area contributed by atoms with Crippen LogP contribution in [-0.2, 0) is 4.79 Å². The van der Waals surface area contributed by atoms with Crippen molar-refractivity contribution in [2.75, 3.05) is 0 Å². The molecule has 3 aromatic rings. The minimum Gasteiger partial charge on any atom is -0.349 e. The van der Waals surface area contributed by atoms with E-state index in [9.17, 15) is 40.3 Å². The molecular formula is C27H28F7N7O2. The van der Waals surface area contributed by atoms with Crippen LogP contribution < -0.4 is 10.6 Å². The number of rotatable bonds is 10. The van der Waals surface area contributed by atoms with Crippen molar-refractivity contribution in [2.45, 2.75) is 82.0 Å². The molecule has 2 amide bonds. The summed E-state index contributed by atoms with van der Waals surface area (Å²) in [5.41, 5.74) is 0.146. The lowest BCUT2D eigenvalue weighted by atomic mass is 9.81. The molecule has 0 unspecified atom stereocenters. The SMILES string of the molecule is O=C(CCC(F)(F)F)N[C@@H](c1cnn2cc([C@@H](NC(=O)c3cc(C(F)F)ncn3)C3CCC(F)(F)CC3)nc2c1)C1CC1. The molecule has 3 heterocycles. The van der Waals surface area contributed by atoms with Crippen molar-refractivity contribution in [1.82, 2.24) is 35.2 Å². The fourth-order valence-corrected chi connectivity index (χ4v) is 5.29. The Morgan fingerprint density at radius 2 is 1.67 bits per heavy atom. The maximum atomic E-state index is 14.0. The predicted octanol–water partition coefficient (Wildman–Crippen LogP) is 5.66. The molecule has 9 nitrogen and oxygen atoms in total. The second kappa shape index (κ2) is 12.0. The zero-order valence-electron chi connectivity index (χ0n) is 22.6. The first-order chi connectivity index (χ1) is 20.3. The van der Waals surface area contributed by atoms with Crippen LogP contribution in [0.25, 0.3) is 5.65 Å². The van der Waals surface area contributed by atoms with Crippen LogP contribution in [-0.4, -0.2) is 48.5 Å². The number of nitrogens with zero attached hydrogens (tertiary/aromatic N) is 5. The molecule has 2 aliphatic carbocycles. The zero-order chi connectivity index (χ0) is 30.9. The van der Waals surface area contributed by atoms with Crippen molar-refractivity contribution in [3.8, 4) is 0 Å². The topological polar surface area (TPSA) is 114 Å². The van der Waals surface area contributed by atoms with E-state index in [0.29, 0.717) is 11.2 Å². The van der Waals surface area contributed by atoms with Crippen molar-refractivity contribution >= 4 is 17.5 Å². The molecule has 0 aromatic carbocycles. The number of amides is 2. The number of aromatic nitrogens is 5. The van der Waals surface area contributed by atoms with Gasteiger partial charge in [0, 0.05) is 19.3 Å². The standard InChI is InChI=1S/C27H28F7N7O2/c28-24(29)17-10-18(36-13-35-17)25(43)40-23(15-3-6-26(30,31)7-4-15)19-12-41-20(38-19)9-16(11-37-41)22(14-1-2-14)39-21(42)5-8-27(32,33)34/h9-15,22-24H,1-8H2,(H,39,42)(H,40,43)/t22-,23+/m1/s1. The van der Waals surface area contributed by atoms with E-state index in [-0.39, 0.29) is 30.1 Å². The van der Waals surface area contributed by atoms with Gasteiger partial charge in [0.15, 0.2) is 5.65 Å². The van der Waals surface area contributed by atoms with Crippen LogP contribution in [0.1, 0.15) is 97.3 Å². The number of hydrogen-bond donors (Lipinski definition) is 2. The fourth-order valence-electron chi connectivity index (χ4n) is 5.29. The third-order valence-corrected chi connectivity index (χ3v) is 7.75. The minimum absolute atomic E-state index is 0.0236. The highest BCUT2D eigenvalue weighted by Crippen LogP contribution is 2.43. The van der Waals surface area contributed by atoms with Crippen LogP contribution in [0.4, 0.5) is 30.7 Å². The van der Waals surface area contributed by atoms with Gasteiger partial charge in [-0.15, -0.1) is 0 Å². The Kier molecular flexibility index (Phi) is 8.56. The Balaban J connectivity index is 1.40. The predicted molar refractivity (Wildman–Crippen MR) is 136 cm³/mol. The molecule has 2 fully saturated rings. The van der Waals surface area contributed by atoms with Crippen LogP contribution >= 0.6 is 0 Å². The van der Waals surface area contributed by atoms with Crippen LogP contribution in [0.15, 0.2) is 30.9 Å². The van der Waals surface area contributed by atoms with Crippen LogP contribution in [0, 0.1) is 11.8 Å². The summed E-state index contributed by atoms with van der Waals surface area (Å²) in [6.45, 7) is 0. The van der Waals surface area contributed by atoms with E-state index in [2.05, 4.69) is 30.7 Å². The van der Waals surface area contributed by atoms with Gasteiger partial charge in [-0.1, -0.05) is 0 Å². The molecule has 2 saturated carbocycles. The molecule has 43 heavy (non-hydrogen) atoms. The lowest BCUT2D eigenvalue weighted by molar-refractivity contribution is -0.144. The Hall–Kier alpha value is -3.85. The third-order valence-electron chi connectivity index (χ3n) is 7.75. The van der Waals surface area contributed by atoms with Gasteiger partial charge < -0.3 is 10.6 Å². The number of carbonyl (C=O) groups is 2. The highest BCUT2D eigenvalue weighted by Gasteiger charge is 2.40. The van der Waals surface area contributed by atoms with Crippen molar-refractivity contribution in [1.29, 1.82) is 0 Å². The molecule has 16 heteroatoms. The summed E-state index contributed by atoms with van der Waals surface area (Å²) < 4.78 is 93.3. The molecule has 2 aliphatic rings. The molecule has 2 N–H and O–H groups in total. The van der Waals surface area contributed by atoms with Gasteiger partial charge in [0.1, 0.15) is 17.7 Å². The highest BCUT2D eigenvalue weighted by atomic mass is 19.4. The number of hydrogen-bond acceptors (Lipinski definition) is 6. The van der Waals surface area contributed by atoms with Gasteiger partial charge in [-0.05, 0) is 55.2 Å². The quantitative estimate of drug-likeness (QED) is 0.285. The highest BCUT2D eigenvalue weighted by molar-refractivity contribution is 5.92. The second-order valence-corrected chi connectivity index (χ2v) is 11.0. The van der Waals surface area contributed by atoms with Gasteiger partial charge >= 0.3 is 6.18 Å². The first kappa shape index (κ1) is 30.6. The van der Waals surface area contributed by atoms with Gasteiger partial charge in [-0.25, -0.2) is 37.0 Å². The smallest absolute Gasteiger partial charge is 0.349 e. The lowest BCUT2D eigenvalue weighted by Crippen LogP contribution is -2.37. The minimum atomic E-state index is -4.46. The summed E-state index contributed by atoms with van der Waals surface area (Å²) >= 11 is 0. The van der Waals surface area contributed by atoms with E-state index in [4.69, 9.17) is 0 Å². The molecule has 0 saturated heterocycles.